The molecule has 0 atom stereocenters. The van der Waals surface area contributed by atoms with E-state index < -0.39 is 0 Å². The Morgan fingerprint density at radius 3 is 2.40 bits per heavy atom. The summed E-state index contributed by atoms with van der Waals surface area (Å²) in [4.78, 5) is 1.20. The molecule has 102 valence electrons. The highest BCUT2D eigenvalue weighted by atomic mass is 32.2. The highest BCUT2D eigenvalue weighted by molar-refractivity contribution is 8.08. The number of thioether (sulfide) groups is 1. The molecule has 0 N–H and O–H groups in total. The van der Waals surface area contributed by atoms with Crippen LogP contribution in [0.2, 0.25) is 0 Å². The van der Waals surface area contributed by atoms with E-state index in [-0.39, 0.29) is 0 Å². The topological polar surface area (TPSA) is 18.5 Å². The van der Waals surface area contributed by atoms with Gasteiger partial charge in [0.15, 0.2) is 0 Å². The van der Waals surface area contributed by atoms with Crippen LogP contribution < -0.4 is 4.74 Å². The molecular weight excluding hydrogens is 268 g/mol. The summed E-state index contributed by atoms with van der Waals surface area (Å²) in [6.45, 7) is 0.758. The van der Waals surface area contributed by atoms with Crippen molar-refractivity contribution in [2.24, 2.45) is 0 Å². The third-order valence-electron chi connectivity index (χ3n) is 3.17. The van der Waals surface area contributed by atoms with Gasteiger partial charge in [0.1, 0.15) is 11.5 Å². The number of benzene rings is 2. The van der Waals surface area contributed by atoms with E-state index in [2.05, 4.69) is 24.3 Å². The van der Waals surface area contributed by atoms with Gasteiger partial charge in [-0.25, -0.2) is 0 Å². The lowest BCUT2D eigenvalue weighted by molar-refractivity contribution is 0.301. The van der Waals surface area contributed by atoms with Gasteiger partial charge in [0.25, 0.3) is 0 Å². The second kappa shape index (κ2) is 6.06. The van der Waals surface area contributed by atoms with Gasteiger partial charge in [-0.1, -0.05) is 42.5 Å². The molecule has 1 aliphatic rings. The second-order valence-electron chi connectivity index (χ2n) is 4.45. The van der Waals surface area contributed by atoms with Gasteiger partial charge >= 0.3 is 0 Å². The molecule has 2 aromatic rings. The van der Waals surface area contributed by atoms with Crippen LogP contribution in [-0.2, 0) is 4.74 Å². The molecule has 20 heavy (non-hydrogen) atoms. The van der Waals surface area contributed by atoms with Gasteiger partial charge in [0.2, 0.25) is 0 Å². The van der Waals surface area contributed by atoms with E-state index in [1.807, 2.05) is 42.1 Å². The smallest absolute Gasteiger partial charge is 0.140 e. The predicted octanol–water partition coefficient (Wildman–Crippen LogP) is 4.28. The lowest BCUT2D eigenvalue weighted by atomic mass is 10.1. The molecule has 2 aromatic carbocycles. The summed E-state index contributed by atoms with van der Waals surface area (Å²) >= 11 is 1.85. The molecular formula is C17H16O2S. The van der Waals surface area contributed by atoms with Crippen molar-refractivity contribution < 1.29 is 9.47 Å². The minimum atomic E-state index is 0.758. The number of ether oxygens (including phenoxy) is 2. The summed E-state index contributed by atoms with van der Waals surface area (Å²) in [5, 5.41) is 0. The Labute approximate surface area is 123 Å². The summed E-state index contributed by atoms with van der Waals surface area (Å²) in [5.41, 5.74) is 2.31. The zero-order valence-corrected chi connectivity index (χ0v) is 12.2. The maximum Gasteiger partial charge on any atom is 0.140 e. The number of hydrogen-bond acceptors (Lipinski definition) is 3. The number of methoxy groups -OCH3 is 1. The zero-order valence-electron chi connectivity index (χ0n) is 11.3. The first-order chi connectivity index (χ1) is 9.88. The van der Waals surface area contributed by atoms with E-state index in [9.17, 15) is 0 Å². The van der Waals surface area contributed by atoms with Crippen LogP contribution in [0.4, 0.5) is 0 Å². The maximum absolute atomic E-state index is 5.92. The van der Waals surface area contributed by atoms with Gasteiger partial charge in [-0.3, -0.25) is 0 Å². The Morgan fingerprint density at radius 2 is 1.70 bits per heavy atom. The monoisotopic (exact) mass is 284 g/mol. The average Bonchev–Trinajstić information content (AvgIpc) is 2.56. The SMILES string of the molecule is COc1ccc(C2=C(c3ccccc3)OCCS2)cc1. The normalized spacial score (nSPS) is 14.8. The van der Waals surface area contributed by atoms with E-state index >= 15 is 0 Å². The highest BCUT2D eigenvalue weighted by Gasteiger charge is 2.18. The lowest BCUT2D eigenvalue weighted by Crippen LogP contribution is -2.05. The zero-order chi connectivity index (χ0) is 13.8. The van der Waals surface area contributed by atoms with Crippen molar-refractivity contribution in [3.8, 4) is 5.75 Å². The molecule has 0 radical (unpaired) electrons. The van der Waals surface area contributed by atoms with Crippen LogP contribution in [0, 0.1) is 0 Å². The van der Waals surface area contributed by atoms with Crippen LogP contribution in [0.1, 0.15) is 11.1 Å². The van der Waals surface area contributed by atoms with Crippen molar-refractivity contribution in [1.29, 1.82) is 0 Å². The van der Waals surface area contributed by atoms with Crippen molar-refractivity contribution >= 4 is 22.4 Å². The van der Waals surface area contributed by atoms with Crippen molar-refractivity contribution in [2.45, 2.75) is 0 Å². The Hall–Kier alpha value is -1.87. The Morgan fingerprint density at radius 1 is 0.950 bits per heavy atom. The first-order valence-corrected chi connectivity index (χ1v) is 7.57. The van der Waals surface area contributed by atoms with Gasteiger partial charge < -0.3 is 9.47 Å². The molecule has 0 unspecified atom stereocenters. The molecule has 2 nitrogen and oxygen atoms in total. The molecule has 0 aromatic heterocycles. The van der Waals surface area contributed by atoms with Gasteiger partial charge in [0.05, 0.1) is 18.6 Å². The fraction of sp³-hybridized carbons (Fsp3) is 0.176. The molecule has 1 aliphatic heterocycles. The molecule has 3 rings (SSSR count). The number of rotatable bonds is 3. The van der Waals surface area contributed by atoms with Gasteiger partial charge in [0, 0.05) is 11.3 Å². The molecule has 0 bridgehead atoms. The third-order valence-corrected chi connectivity index (χ3v) is 4.25. The molecule has 0 amide bonds. The molecule has 0 saturated carbocycles. The Bertz CT molecular complexity index is 603. The van der Waals surface area contributed by atoms with E-state index in [0.717, 1.165) is 29.4 Å². The molecule has 0 saturated heterocycles. The van der Waals surface area contributed by atoms with Crippen LogP contribution in [-0.4, -0.2) is 19.5 Å². The summed E-state index contributed by atoms with van der Waals surface area (Å²) < 4.78 is 11.1. The van der Waals surface area contributed by atoms with Crippen LogP contribution in [0.3, 0.4) is 0 Å². The number of hydrogen-bond donors (Lipinski definition) is 0. The first kappa shape index (κ1) is 13.1. The van der Waals surface area contributed by atoms with Crippen molar-refractivity contribution in [2.75, 3.05) is 19.5 Å². The average molecular weight is 284 g/mol. The van der Waals surface area contributed by atoms with E-state index in [1.165, 1.54) is 10.5 Å². The van der Waals surface area contributed by atoms with E-state index in [4.69, 9.17) is 9.47 Å². The Balaban J connectivity index is 2.04. The van der Waals surface area contributed by atoms with Crippen molar-refractivity contribution in [1.82, 2.24) is 0 Å². The van der Waals surface area contributed by atoms with E-state index in [0.29, 0.717) is 0 Å². The van der Waals surface area contributed by atoms with Crippen molar-refractivity contribution in [3.05, 3.63) is 65.7 Å². The van der Waals surface area contributed by atoms with E-state index in [1.54, 1.807) is 7.11 Å². The minimum Gasteiger partial charge on any atom is -0.497 e. The first-order valence-electron chi connectivity index (χ1n) is 6.58. The van der Waals surface area contributed by atoms with Gasteiger partial charge in [-0.15, -0.1) is 11.8 Å². The molecule has 1 heterocycles. The Kier molecular flexibility index (Phi) is 3.97. The molecule has 0 fully saturated rings. The fourth-order valence-corrected chi connectivity index (χ4v) is 3.16. The summed E-state index contributed by atoms with van der Waals surface area (Å²) in [5.74, 6) is 2.84. The lowest BCUT2D eigenvalue weighted by Gasteiger charge is -2.21. The predicted molar refractivity (Wildman–Crippen MR) is 84.7 cm³/mol. The standard InChI is InChI=1S/C17H16O2S/c1-18-15-9-7-14(8-10-15)17-16(19-11-12-20-17)13-5-3-2-4-6-13/h2-10H,11-12H2,1H3. The van der Waals surface area contributed by atoms with Crippen molar-refractivity contribution in [3.63, 3.8) is 0 Å². The second-order valence-corrected chi connectivity index (χ2v) is 5.55. The van der Waals surface area contributed by atoms with Crippen LogP contribution >= 0.6 is 11.8 Å². The minimum absolute atomic E-state index is 0.758. The quantitative estimate of drug-likeness (QED) is 0.838. The van der Waals surface area contributed by atoms with Crippen LogP contribution in [0.25, 0.3) is 10.7 Å². The summed E-state index contributed by atoms with van der Waals surface area (Å²) in [6, 6.07) is 18.4. The third kappa shape index (κ3) is 2.68. The summed E-state index contributed by atoms with van der Waals surface area (Å²) in [7, 11) is 1.68. The van der Waals surface area contributed by atoms with Gasteiger partial charge in [-0.05, 0) is 17.7 Å². The van der Waals surface area contributed by atoms with Crippen LogP contribution in [0.15, 0.2) is 54.6 Å². The largest absolute Gasteiger partial charge is 0.497 e. The van der Waals surface area contributed by atoms with Crippen LogP contribution in [0.5, 0.6) is 5.75 Å². The fourth-order valence-electron chi connectivity index (χ4n) is 2.18. The molecule has 0 aliphatic carbocycles. The maximum atomic E-state index is 5.92. The molecule has 3 heteroatoms. The molecule has 0 spiro atoms. The summed E-state index contributed by atoms with van der Waals surface area (Å²) in [6.07, 6.45) is 0. The highest BCUT2D eigenvalue weighted by Crippen LogP contribution is 2.39. The van der Waals surface area contributed by atoms with Gasteiger partial charge in [-0.2, -0.15) is 0 Å².